The molecule has 0 aliphatic carbocycles. The molecule has 0 amide bonds. The molecule has 0 atom stereocenters. The summed E-state index contributed by atoms with van der Waals surface area (Å²) in [6.07, 6.45) is 0. The second kappa shape index (κ2) is 10.1. The summed E-state index contributed by atoms with van der Waals surface area (Å²) in [5.74, 6) is 0. The third kappa shape index (κ3) is 3.55. The Bertz CT molecular complexity index is 2160. The number of benzene rings is 5. The largest absolute Gasteiger partial charge is 0.311 e. The van der Waals surface area contributed by atoms with E-state index in [-0.39, 0.29) is 17.0 Å². The van der Waals surface area contributed by atoms with Crippen molar-refractivity contribution in [2.24, 2.45) is 0 Å². The highest BCUT2D eigenvalue weighted by atomic mass is 28.3. The van der Waals surface area contributed by atoms with Crippen molar-refractivity contribution in [2.45, 2.75) is 0 Å². The lowest BCUT2D eigenvalue weighted by Gasteiger charge is -2.50. The zero-order valence-corrected chi connectivity index (χ0v) is 24.9. The Morgan fingerprint density at radius 3 is 1.38 bits per heavy atom. The number of hydrogen-bond donors (Lipinski definition) is 0. The highest BCUT2D eigenvalue weighted by Gasteiger charge is 2.54. The van der Waals surface area contributed by atoms with Crippen molar-refractivity contribution >= 4 is 62.9 Å². The molecule has 0 N–H and O–H groups in total. The molecule has 1 spiro atoms. The zero-order valence-electron chi connectivity index (χ0n) is 23.9. The van der Waals surface area contributed by atoms with Gasteiger partial charge in [-0.2, -0.15) is 15.8 Å². The van der Waals surface area contributed by atoms with E-state index in [4.69, 9.17) is 0 Å². The Labute approximate surface area is 261 Å². The van der Waals surface area contributed by atoms with Gasteiger partial charge >= 0.3 is 0 Å². The van der Waals surface area contributed by atoms with Crippen LogP contribution in [0.15, 0.2) is 133 Å². The van der Waals surface area contributed by atoms with Gasteiger partial charge in [0.1, 0.15) is 29.6 Å². The molecule has 0 saturated heterocycles. The molecule has 0 radical (unpaired) electrons. The number of nitriles is 3. The molecule has 0 unspecified atom stereocenters. The molecule has 8 rings (SSSR count). The fourth-order valence-electron chi connectivity index (χ4n) is 7.15. The second-order valence-corrected chi connectivity index (χ2v) is 14.6. The maximum absolute atomic E-state index is 10.3. The van der Waals surface area contributed by atoms with Crippen molar-refractivity contribution in [3.8, 4) is 18.2 Å². The molecule has 1 aromatic heterocycles. The molecular weight excluding hydrogens is 569 g/mol. The summed E-state index contributed by atoms with van der Waals surface area (Å²) in [4.78, 5) is 8.71. The fourth-order valence-corrected chi connectivity index (χ4v) is 12.6. The quantitative estimate of drug-likeness (QED) is 0.242. The van der Waals surface area contributed by atoms with Crippen LogP contribution in [0.2, 0.25) is 0 Å². The summed E-state index contributed by atoms with van der Waals surface area (Å²) in [7, 11) is -3.00. The molecule has 6 aromatic rings. The predicted octanol–water partition coefficient (Wildman–Crippen LogP) is 5.64. The predicted molar refractivity (Wildman–Crippen MR) is 178 cm³/mol. The maximum Gasteiger partial charge on any atom is 0.188 e. The summed E-state index contributed by atoms with van der Waals surface area (Å²) >= 11 is 0. The average molecular weight is 591 g/mol. The normalized spacial score (nSPS) is 13.4. The first kappa shape index (κ1) is 26.2. The summed E-state index contributed by atoms with van der Waals surface area (Å²) < 4.78 is 0. The van der Waals surface area contributed by atoms with Crippen LogP contribution in [-0.4, -0.2) is 13.1 Å². The van der Waals surface area contributed by atoms with Crippen molar-refractivity contribution < 1.29 is 0 Å². The number of aromatic nitrogens is 1. The summed E-state index contributed by atoms with van der Waals surface area (Å²) in [6.45, 7) is 0. The molecule has 0 fully saturated rings. The Kier molecular flexibility index (Phi) is 5.86. The third-order valence-corrected chi connectivity index (χ3v) is 13.7. The SMILES string of the molecule is N#Cc1cc(C#N)c(N2c3ccccc3[Si]3(c4ccccc4N(c4ccccc4)c4ccccc43)c3ccccc32)c(C#N)n1. The van der Waals surface area contributed by atoms with Crippen LogP contribution in [0.25, 0.3) is 0 Å². The molecule has 0 bridgehead atoms. The van der Waals surface area contributed by atoms with Crippen LogP contribution in [-0.2, 0) is 0 Å². The van der Waals surface area contributed by atoms with E-state index in [1.54, 1.807) is 0 Å². The number of nitrogens with zero attached hydrogens (tertiary/aromatic N) is 6. The second-order valence-electron chi connectivity index (χ2n) is 10.9. The Morgan fingerprint density at radius 2 is 0.933 bits per heavy atom. The Balaban J connectivity index is 1.52. The monoisotopic (exact) mass is 590 g/mol. The highest BCUT2D eigenvalue weighted by Crippen LogP contribution is 2.45. The molecule has 5 aromatic carbocycles. The van der Waals surface area contributed by atoms with Crippen LogP contribution in [0.5, 0.6) is 0 Å². The van der Waals surface area contributed by atoms with Gasteiger partial charge in [-0.1, -0.05) is 91.0 Å². The molecule has 45 heavy (non-hydrogen) atoms. The molecule has 2 aliphatic rings. The van der Waals surface area contributed by atoms with Gasteiger partial charge in [0, 0.05) is 28.4 Å². The lowest BCUT2D eigenvalue weighted by Crippen LogP contribution is -2.79. The molecule has 7 heteroatoms. The van der Waals surface area contributed by atoms with E-state index in [1.165, 1.54) is 16.4 Å². The van der Waals surface area contributed by atoms with Crippen LogP contribution < -0.4 is 30.5 Å². The van der Waals surface area contributed by atoms with Crippen molar-refractivity contribution in [3.05, 3.63) is 150 Å². The molecule has 2 aliphatic heterocycles. The smallest absolute Gasteiger partial charge is 0.188 e. The third-order valence-electron chi connectivity index (χ3n) is 8.77. The van der Waals surface area contributed by atoms with E-state index in [1.807, 2.05) is 29.2 Å². The lowest BCUT2D eigenvalue weighted by molar-refractivity contribution is 1.16. The number of hydrogen-bond acceptors (Lipinski definition) is 6. The highest BCUT2D eigenvalue weighted by molar-refractivity contribution is 7.23. The number of fused-ring (bicyclic) bond motifs is 8. The minimum atomic E-state index is -3.00. The number of pyridine rings is 1. The van der Waals surface area contributed by atoms with Crippen molar-refractivity contribution in [1.82, 2.24) is 4.98 Å². The van der Waals surface area contributed by atoms with Gasteiger partial charge in [-0.25, -0.2) is 4.98 Å². The topological polar surface area (TPSA) is 90.7 Å². The van der Waals surface area contributed by atoms with E-state index in [9.17, 15) is 15.8 Å². The summed E-state index contributed by atoms with van der Waals surface area (Å²) in [5.41, 5.74) is 5.79. The van der Waals surface area contributed by atoms with Gasteiger partial charge in [-0.3, -0.25) is 0 Å². The van der Waals surface area contributed by atoms with Gasteiger partial charge < -0.3 is 9.80 Å². The lowest BCUT2D eigenvalue weighted by atomic mass is 10.1. The van der Waals surface area contributed by atoms with Crippen LogP contribution in [0.1, 0.15) is 17.0 Å². The first-order chi connectivity index (χ1) is 22.2. The van der Waals surface area contributed by atoms with Crippen LogP contribution >= 0.6 is 0 Å². The van der Waals surface area contributed by atoms with Gasteiger partial charge in [-0.05, 0) is 63.2 Å². The number of rotatable bonds is 2. The number of para-hydroxylation sites is 5. The van der Waals surface area contributed by atoms with Crippen molar-refractivity contribution in [2.75, 3.05) is 9.80 Å². The van der Waals surface area contributed by atoms with E-state index < -0.39 is 8.07 Å². The van der Waals surface area contributed by atoms with Crippen LogP contribution in [0.4, 0.5) is 34.1 Å². The average Bonchev–Trinajstić information content (AvgIpc) is 3.11. The maximum atomic E-state index is 10.3. The molecular formula is C38H22N6Si. The van der Waals surface area contributed by atoms with E-state index in [0.29, 0.717) is 5.69 Å². The molecule has 6 nitrogen and oxygen atoms in total. The van der Waals surface area contributed by atoms with E-state index in [0.717, 1.165) is 38.8 Å². The van der Waals surface area contributed by atoms with Crippen molar-refractivity contribution in [1.29, 1.82) is 15.8 Å². The first-order valence-electron chi connectivity index (χ1n) is 14.5. The summed E-state index contributed by atoms with van der Waals surface area (Å²) in [5, 5.41) is 35.0. The standard InChI is InChI=1S/C38H22N6Si/c39-23-26-22-27(24-40)42-29(25-41)38(26)44-32-16-6-10-20-36(32)45(37-21-11-7-17-33(37)44)34-18-8-4-14-30(34)43(28-12-2-1-3-13-28)31-15-5-9-19-35(31)45/h1-22H. The molecule has 3 heterocycles. The van der Waals surface area contributed by atoms with E-state index in [2.05, 4.69) is 131 Å². The van der Waals surface area contributed by atoms with E-state index >= 15 is 0 Å². The van der Waals surface area contributed by atoms with Gasteiger partial charge in [0.15, 0.2) is 13.8 Å². The summed E-state index contributed by atoms with van der Waals surface area (Å²) in [6, 6.07) is 52.4. The number of anilines is 6. The minimum Gasteiger partial charge on any atom is -0.311 e. The van der Waals surface area contributed by atoms with Crippen LogP contribution in [0, 0.1) is 34.0 Å². The van der Waals surface area contributed by atoms with Gasteiger partial charge in [0.05, 0.1) is 5.56 Å². The first-order valence-corrected chi connectivity index (χ1v) is 16.5. The van der Waals surface area contributed by atoms with Gasteiger partial charge in [0.2, 0.25) is 0 Å². The van der Waals surface area contributed by atoms with Gasteiger partial charge in [0.25, 0.3) is 0 Å². The fraction of sp³-hybridized carbons (Fsp3) is 0. The Hall–Kier alpha value is -6.46. The molecule has 208 valence electrons. The minimum absolute atomic E-state index is 0.0346. The van der Waals surface area contributed by atoms with Gasteiger partial charge in [-0.15, -0.1) is 0 Å². The van der Waals surface area contributed by atoms with Crippen molar-refractivity contribution in [3.63, 3.8) is 0 Å². The Morgan fingerprint density at radius 1 is 0.489 bits per heavy atom. The van der Waals surface area contributed by atoms with Crippen LogP contribution in [0.3, 0.4) is 0 Å². The molecule has 0 saturated carbocycles. The zero-order chi connectivity index (χ0) is 30.5.